The molecule has 1 amide bonds. The average molecular weight is 572 g/mol. The molecule has 9 nitrogen and oxygen atoms in total. The van der Waals surface area contributed by atoms with Crippen LogP contribution >= 0.6 is 0 Å². The van der Waals surface area contributed by atoms with Crippen molar-refractivity contribution in [1.29, 1.82) is 0 Å². The highest BCUT2D eigenvalue weighted by Gasteiger charge is 2.46. The Morgan fingerprint density at radius 3 is 2.03 bits per heavy atom. The number of nitrogens with zero attached hydrogens (tertiary/aromatic N) is 3. The van der Waals surface area contributed by atoms with Gasteiger partial charge in [-0.2, -0.15) is 26.3 Å². The molecule has 3 heterocycles. The number of amides is 1. The Hall–Kier alpha value is -2.91. The predicted molar refractivity (Wildman–Crippen MR) is 125 cm³/mol. The van der Waals surface area contributed by atoms with E-state index in [-0.39, 0.29) is 0 Å². The van der Waals surface area contributed by atoms with Crippen molar-refractivity contribution >= 4 is 17.8 Å². The zero-order valence-corrected chi connectivity index (χ0v) is 21.2. The van der Waals surface area contributed by atoms with Crippen LogP contribution in [0.4, 0.5) is 26.3 Å². The minimum absolute atomic E-state index is 0.345. The summed E-state index contributed by atoms with van der Waals surface area (Å²) in [6.07, 6.45) is -8.36. The summed E-state index contributed by atoms with van der Waals surface area (Å²) in [4.78, 5) is 37.5. The van der Waals surface area contributed by atoms with Gasteiger partial charge in [0.15, 0.2) is 0 Å². The molecule has 0 spiro atoms. The van der Waals surface area contributed by atoms with Gasteiger partial charge in [-0.3, -0.25) is 14.6 Å². The number of hydrogen-bond donors (Lipinski definition) is 2. The number of carboxylic acids is 2. The molecule has 3 aliphatic heterocycles. The lowest BCUT2D eigenvalue weighted by Crippen LogP contribution is -2.44. The maximum Gasteiger partial charge on any atom is 0.490 e. The van der Waals surface area contributed by atoms with Crippen LogP contribution in [0.5, 0.6) is 0 Å². The van der Waals surface area contributed by atoms with Crippen LogP contribution in [0.15, 0.2) is 24.3 Å². The number of fused-ring (bicyclic) bond motifs is 1. The second-order valence-electron chi connectivity index (χ2n) is 9.23. The third-order valence-electron chi connectivity index (χ3n) is 6.44. The fraction of sp³-hybridized carbons (Fsp3) is 0.625. The zero-order chi connectivity index (χ0) is 29.4. The van der Waals surface area contributed by atoms with E-state index in [2.05, 4.69) is 45.9 Å². The minimum atomic E-state index is -5.08. The highest BCUT2D eigenvalue weighted by molar-refractivity contribution is 5.80. The molecule has 0 aromatic heterocycles. The first-order valence-electron chi connectivity index (χ1n) is 12.1. The lowest BCUT2D eigenvalue weighted by Gasteiger charge is -2.30. The van der Waals surface area contributed by atoms with E-state index in [1.165, 1.54) is 11.1 Å². The second-order valence-corrected chi connectivity index (χ2v) is 9.23. The summed E-state index contributed by atoms with van der Waals surface area (Å²) in [5, 5.41) is 14.2. The maximum absolute atomic E-state index is 12.6. The summed E-state index contributed by atoms with van der Waals surface area (Å²) in [6, 6.07) is 9.55. The molecule has 0 radical (unpaired) electrons. The monoisotopic (exact) mass is 571 g/mol. The van der Waals surface area contributed by atoms with Crippen molar-refractivity contribution in [2.45, 2.75) is 50.7 Å². The average Bonchev–Trinajstić information content (AvgIpc) is 3.36. The van der Waals surface area contributed by atoms with Crippen molar-refractivity contribution in [1.82, 2.24) is 14.7 Å². The van der Waals surface area contributed by atoms with Crippen molar-refractivity contribution in [3.05, 3.63) is 35.4 Å². The quantitative estimate of drug-likeness (QED) is 0.520. The number of hydrogen-bond acceptors (Lipinski definition) is 6. The Balaban J connectivity index is 0.000000317. The molecule has 3 fully saturated rings. The minimum Gasteiger partial charge on any atom is -0.475 e. The molecule has 1 aromatic carbocycles. The lowest BCUT2D eigenvalue weighted by atomic mass is 10.1. The Bertz CT molecular complexity index is 960. The van der Waals surface area contributed by atoms with Gasteiger partial charge in [0.05, 0.1) is 13.2 Å². The Morgan fingerprint density at radius 1 is 0.949 bits per heavy atom. The van der Waals surface area contributed by atoms with E-state index in [1.807, 2.05) is 0 Å². The molecule has 39 heavy (non-hydrogen) atoms. The highest BCUT2D eigenvalue weighted by Crippen LogP contribution is 2.33. The summed E-state index contributed by atoms with van der Waals surface area (Å²) in [6.45, 7) is 9.70. The van der Waals surface area contributed by atoms with Crippen molar-refractivity contribution in [2.24, 2.45) is 0 Å². The summed E-state index contributed by atoms with van der Waals surface area (Å²) >= 11 is 0. The molecule has 220 valence electrons. The van der Waals surface area contributed by atoms with Gasteiger partial charge in [0.25, 0.3) is 0 Å². The first kappa shape index (κ1) is 32.3. The fourth-order valence-electron chi connectivity index (χ4n) is 4.62. The molecule has 1 aromatic rings. The van der Waals surface area contributed by atoms with Gasteiger partial charge < -0.3 is 19.8 Å². The third kappa shape index (κ3) is 10.3. The van der Waals surface area contributed by atoms with Crippen molar-refractivity contribution in [3.8, 4) is 0 Å². The number of morpholine rings is 1. The number of aliphatic carboxylic acids is 2. The highest BCUT2D eigenvalue weighted by atomic mass is 19.4. The van der Waals surface area contributed by atoms with E-state index in [9.17, 15) is 31.1 Å². The maximum atomic E-state index is 12.6. The van der Waals surface area contributed by atoms with Crippen LogP contribution in [0.25, 0.3) is 0 Å². The molecule has 2 atom stereocenters. The van der Waals surface area contributed by atoms with Gasteiger partial charge in [-0.15, -0.1) is 0 Å². The van der Waals surface area contributed by atoms with E-state index in [1.54, 1.807) is 0 Å². The zero-order valence-electron chi connectivity index (χ0n) is 21.2. The molecule has 3 aliphatic rings. The number of halogens is 6. The van der Waals surface area contributed by atoms with Crippen LogP contribution < -0.4 is 0 Å². The number of carbonyl (C=O) groups excluding carboxylic acids is 1. The number of ether oxygens (including phenoxy) is 1. The topological polar surface area (TPSA) is 111 Å². The molecule has 4 rings (SSSR count). The van der Waals surface area contributed by atoms with Crippen molar-refractivity contribution < 1.29 is 55.7 Å². The van der Waals surface area contributed by atoms with Gasteiger partial charge in [0.2, 0.25) is 5.91 Å². The van der Waals surface area contributed by atoms with Crippen LogP contribution in [0, 0.1) is 6.92 Å². The summed E-state index contributed by atoms with van der Waals surface area (Å²) in [5.41, 5.74) is 2.67. The van der Waals surface area contributed by atoms with Gasteiger partial charge in [0, 0.05) is 57.8 Å². The predicted octanol–water partition coefficient (Wildman–Crippen LogP) is 2.77. The molecule has 0 unspecified atom stereocenters. The van der Waals surface area contributed by atoms with Crippen LogP contribution in [-0.2, 0) is 25.7 Å². The van der Waals surface area contributed by atoms with Gasteiger partial charge in [0.1, 0.15) is 0 Å². The molecule has 2 N–H and O–H groups in total. The van der Waals surface area contributed by atoms with Crippen LogP contribution in [-0.4, -0.2) is 113 Å². The van der Waals surface area contributed by atoms with Crippen LogP contribution in [0.1, 0.15) is 24.0 Å². The van der Waals surface area contributed by atoms with E-state index in [0.29, 0.717) is 24.4 Å². The van der Waals surface area contributed by atoms with Crippen molar-refractivity contribution in [2.75, 3.05) is 45.9 Å². The number of rotatable bonds is 5. The third-order valence-corrected chi connectivity index (χ3v) is 6.44. The largest absolute Gasteiger partial charge is 0.490 e. The van der Waals surface area contributed by atoms with Crippen LogP contribution in [0.3, 0.4) is 0 Å². The smallest absolute Gasteiger partial charge is 0.475 e. The molecular formula is C24H31F6N3O6. The fourth-order valence-corrected chi connectivity index (χ4v) is 4.62. The summed E-state index contributed by atoms with van der Waals surface area (Å²) in [5.74, 6) is -5.17. The van der Waals surface area contributed by atoms with E-state index < -0.39 is 24.3 Å². The molecule has 0 aliphatic carbocycles. The number of carbonyl (C=O) groups is 3. The van der Waals surface area contributed by atoms with Gasteiger partial charge in [-0.1, -0.05) is 29.8 Å². The summed E-state index contributed by atoms with van der Waals surface area (Å²) in [7, 11) is 0. The Kier molecular flexibility index (Phi) is 11.5. The molecule has 0 saturated carbocycles. The SMILES string of the molecule is Cc1cccc(CN2CC[C@H]3[C@H]2CC(=O)N3CCN2CCOCC2)c1.O=C(O)C(F)(F)F.O=C(O)C(F)(F)F. The number of alkyl halides is 6. The molecule has 3 saturated heterocycles. The van der Waals surface area contributed by atoms with Crippen LogP contribution in [0.2, 0.25) is 0 Å². The standard InChI is InChI=1S/C20H29N3O2.2C2HF3O2/c1-16-3-2-4-17(13-16)15-22-6-5-18-19(22)14-20(24)23(18)8-7-21-9-11-25-12-10-21;2*3-2(4,5)1(6)7/h2-4,13,18-19H,5-12,14-15H2,1H3;2*(H,6,7)/t18-,19+;;/m0../s1. The Morgan fingerprint density at radius 2 is 1.51 bits per heavy atom. The number of benzene rings is 1. The van der Waals surface area contributed by atoms with Gasteiger partial charge in [-0.05, 0) is 18.9 Å². The molecular weight excluding hydrogens is 540 g/mol. The second kappa shape index (κ2) is 13.9. The van der Waals surface area contributed by atoms with E-state index in [4.69, 9.17) is 24.5 Å². The van der Waals surface area contributed by atoms with Gasteiger partial charge in [-0.25, -0.2) is 9.59 Å². The van der Waals surface area contributed by atoms with Gasteiger partial charge >= 0.3 is 24.3 Å². The molecule has 15 heteroatoms. The lowest BCUT2D eigenvalue weighted by molar-refractivity contribution is -0.193. The van der Waals surface area contributed by atoms with Crippen molar-refractivity contribution in [3.63, 3.8) is 0 Å². The number of likely N-dealkylation sites (tertiary alicyclic amines) is 2. The first-order valence-corrected chi connectivity index (χ1v) is 12.1. The van der Waals surface area contributed by atoms with E-state index >= 15 is 0 Å². The number of aryl methyl sites for hydroxylation is 1. The first-order chi connectivity index (χ1) is 18.1. The molecule has 0 bridgehead atoms. The van der Waals surface area contributed by atoms with E-state index in [0.717, 1.165) is 58.9 Å². The normalized spacial score (nSPS) is 21.9. The summed E-state index contributed by atoms with van der Waals surface area (Å²) < 4.78 is 68.9. The number of carboxylic acid groups (broad SMARTS) is 2. The Labute approximate surface area is 220 Å².